The van der Waals surface area contributed by atoms with Crippen molar-refractivity contribution < 1.29 is 4.79 Å². The van der Waals surface area contributed by atoms with E-state index in [2.05, 4.69) is 41.4 Å². The van der Waals surface area contributed by atoms with Crippen LogP contribution in [0.15, 0.2) is 24.3 Å². The molecule has 2 aliphatic rings. The molecule has 1 aromatic carbocycles. The summed E-state index contributed by atoms with van der Waals surface area (Å²) in [4.78, 5) is 14.2. The number of piperidine rings is 1. The Morgan fingerprint density at radius 3 is 2.85 bits per heavy atom. The molecule has 108 valence electrons. The van der Waals surface area contributed by atoms with E-state index in [1.54, 1.807) is 0 Å². The number of nitrogens with one attached hydrogen (secondary N) is 1. The number of hydrogen-bond acceptors (Lipinski definition) is 2. The third-order valence-corrected chi connectivity index (χ3v) is 4.44. The highest BCUT2D eigenvalue weighted by molar-refractivity contribution is 5.78. The fourth-order valence-electron chi connectivity index (χ4n) is 3.20. The molecule has 0 unspecified atom stereocenters. The SMILES string of the molecule is Cc1ccccc1[C@H]1CCCN(CC(=O)NC2CC2)C1. The van der Waals surface area contributed by atoms with Gasteiger partial charge in [0.25, 0.3) is 0 Å². The molecule has 0 spiro atoms. The van der Waals surface area contributed by atoms with E-state index in [9.17, 15) is 4.79 Å². The summed E-state index contributed by atoms with van der Waals surface area (Å²) < 4.78 is 0. The van der Waals surface area contributed by atoms with Crippen molar-refractivity contribution in [1.82, 2.24) is 10.2 Å². The van der Waals surface area contributed by atoms with Gasteiger partial charge in [0.15, 0.2) is 0 Å². The summed E-state index contributed by atoms with van der Waals surface area (Å²) in [5.74, 6) is 0.789. The third-order valence-electron chi connectivity index (χ3n) is 4.44. The van der Waals surface area contributed by atoms with Gasteiger partial charge >= 0.3 is 0 Å². The van der Waals surface area contributed by atoms with Crippen molar-refractivity contribution in [3.05, 3.63) is 35.4 Å². The first kappa shape index (κ1) is 13.6. The van der Waals surface area contributed by atoms with Crippen molar-refractivity contribution >= 4 is 5.91 Å². The average Bonchev–Trinajstić information content (AvgIpc) is 3.23. The summed E-state index contributed by atoms with van der Waals surface area (Å²) in [5, 5.41) is 3.09. The van der Waals surface area contributed by atoms with Gasteiger partial charge in [0.1, 0.15) is 0 Å². The van der Waals surface area contributed by atoms with E-state index >= 15 is 0 Å². The van der Waals surface area contributed by atoms with Crippen LogP contribution in [0.1, 0.15) is 42.7 Å². The van der Waals surface area contributed by atoms with E-state index in [0.717, 1.165) is 25.9 Å². The fraction of sp³-hybridized carbons (Fsp3) is 0.588. The van der Waals surface area contributed by atoms with E-state index < -0.39 is 0 Å². The predicted molar refractivity (Wildman–Crippen MR) is 80.8 cm³/mol. The highest BCUT2D eigenvalue weighted by Crippen LogP contribution is 2.28. The first-order valence-electron chi connectivity index (χ1n) is 7.79. The van der Waals surface area contributed by atoms with Crippen molar-refractivity contribution in [1.29, 1.82) is 0 Å². The Kier molecular flexibility index (Phi) is 4.06. The third kappa shape index (κ3) is 3.40. The van der Waals surface area contributed by atoms with Gasteiger partial charge in [0.2, 0.25) is 5.91 Å². The standard InChI is InChI=1S/C17H24N2O/c1-13-5-2-3-7-16(13)14-6-4-10-19(11-14)12-17(20)18-15-8-9-15/h2-3,5,7,14-15H,4,6,8-12H2,1H3,(H,18,20)/t14-/m0/s1. The predicted octanol–water partition coefficient (Wildman–Crippen LogP) is 2.45. The van der Waals surface area contributed by atoms with Gasteiger partial charge in [-0.3, -0.25) is 9.69 Å². The number of carbonyl (C=O) groups is 1. The Morgan fingerprint density at radius 1 is 1.30 bits per heavy atom. The number of benzene rings is 1. The van der Waals surface area contributed by atoms with Gasteiger partial charge < -0.3 is 5.32 Å². The second kappa shape index (κ2) is 5.96. The minimum absolute atomic E-state index is 0.206. The maximum Gasteiger partial charge on any atom is 0.234 e. The van der Waals surface area contributed by atoms with Crippen LogP contribution in [-0.2, 0) is 4.79 Å². The minimum atomic E-state index is 0.206. The highest BCUT2D eigenvalue weighted by atomic mass is 16.2. The Bertz CT molecular complexity index is 482. The van der Waals surface area contributed by atoms with Crippen LogP contribution in [0.5, 0.6) is 0 Å². The molecule has 3 nitrogen and oxygen atoms in total. The Hall–Kier alpha value is -1.35. The first-order chi connectivity index (χ1) is 9.72. The van der Waals surface area contributed by atoms with Crippen LogP contribution in [0, 0.1) is 6.92 Å². The molecule has 1 atom stereocenters. The van der Waals surface area contributed by atoms with Crippen molar-refractivity contribution in [3.8, 4) is 0 Å². The summed E-state index contributed by atoms with van der Waals surface area (Å²) in [6, 6.07) is 9.13. The maximum absolute atomic E-state index is 11.9. The Balaban J connectivity index is 1.58. The fourth-order valence-corrected chi connectivity index (χ4v) is 3.20. The number of rotatable bonds is 4. The molecule has 1 amide bonds. The van der Waals surface area contributed by atoms with Crippen molar-refractivity contribution in [2.45, 2.75) is 44.6 Å². The molecule has 1 aliphatic heterocycles. The van der Waals surface area contributed by atoms with Crippen LogP contribution in [0.2, 0.25) is 0 Å². The van der Waals surface area contributed by atoms with Crippen LogP contribution < -0.4 is 5.32 Å². The number of amides is 1. The van der Waals surface area contributed by atoms with Gasteiger partial charge in [-0.25, -0.2) is 0 Å². The van der Waals surface area contributed by atoms with E-state index in [4.69, 9.17) is 0 Å². The van der Waals surface area contributed by atoms with Gasteiger partial charge in [0, 0.05) is 12.6 Å². The largest absolute Gasteiger partial charge is 0.352 e. The van der Waals surface area contributed by atoms with E-state index in [0.29, 0.717) is 18.5 Å². The molecule has 0 aromatic heterocycles. The minimum Gasteiger partial charge on any atom is -0.352 e. The molecule has 1 aliphatic carbocycles. The number of hydrogen-bond donors (Lipinski definition) is 1. The topological polar surface area (TPSA) is 32.3 Å². The zero-order chi connectivity index (χ0) is 13.9. The number of likely N-dealkylation sites (tertiary alicyclic amines) is 1. The summed E-state index contributed by atoms with van der Waals surface area (Å²) >= 11 is 0. The van der Waals surface area contributed by atoms with Crippen LogP contribution in [-0.4, -0.2) is 36.5 Å². The van der Waals surface area contributed by atoms with E-state index in [1.165, 1.54) is 24.0 Å². The van der Waals surface area contributed by atoms with E-state index in [1.807, 2.05) is 0 Å². The average molecular weight is 272 g/mol. The number of carbonyl (C=O) groups excluding carboxylic acids is 1. The van der Waals surface area contributed by atoms with E-state index in [-0.39, 0.29) is 5.91 Å². The molecule has 1 N–H and O–H groups in total. The summed E-state index contributed by atoms with van der Waals surface area (Å²) in [6.45, 7) is 4.83. The van der Waals surface area contributed by atoms with Crippen LogP contribution in [0.25, 0.3) is 0 Å². The van der Waals surface area contributed by atoms with Gasteiger partial charge in [-0.2, -0.15) is 0 Å². The zero-order valence-corrected chi connectivity index (χ0v) is 12.3. The molecule has 1 saturated carbocycles. The second-order valence-corrected chi connectivity index (χ2v) is 6.27. The molecular formula is C17H24N2O. The van der Waals surface area contributed by atoms with Crippen molar-refractivity contribution in [2.24, 2.45) is 0 Å². The molecular weight excluding hydrogens is 248 g/mol. The maximum atomic E-state index is 11.9. The zero-order valence-electron chi connectivity index (χ0n) is 12.3. The molecule has 1 aromatic rings. The highest BCUT2D eigenvalue weighted by Gasteiger charge is 2.26. The van der Waals surface area contributed by atoms with Crippen LogP contribution in [0.3, 0.4) is 0 Å². The molecule has 2 fully saturated rings. The lowest BCUT2D eigenvalue weighted by Gasteiger charge is -2.33. The molecule has 1 saturated heterocycles. The lowest BCUT2D eigenvalue weighted by atomic mass is 9.88. The number of nitrogens with zero attached hydrogens (tertiary/aromatic N) is 1. The summed E-state index contributed by atoms with van der Waals surface area (Å²) in [6.07, 6.45) is 4.76. The van der Waals surface area contributed by atoms with Crippen LogP contribution >= 0.6 is 0 Å². The molecule has 0 radical (unpaired) electrons. The molecule has 3 heteroatoms. The second-order valence-electron chi connectivity index (χ2n) is 6.27. The van der Waals surface area contributed by atoms with Crippen molar-refractivity contribution in [2.75, 3.05) is 19.6 Å². The Morgan fingerprint density at radius 2 is 2.10 bits per heavy atom. The molecule has 1 heterocycles. The smallest absolute Gasteiger partial charge is 0.234 e. The van der Waals surface area contributed by atoms with Crippen LogP contribution in [0.4, 0.5) is 0 Å². The van der Waals surface area contributed by atoms with Gasteiger partial charge in [-0.15, -0.1) is 0 Å². The molecule has 20 heavy (non-hydrogen) atoms. The number of aryl methyl sites for hydroxylation is 1. The monoisotopic (exact) mass is 272 g/mol. The first-order valence-corrected chi connectivity index (χ1v) is 7.79. The van der Waals surface area contributed by atoms with Gasteiger partial charge in [-0.1, -0.05) is 24.3 Å². The molecule has 0 bridgehead atoms. The lowest BCUT2D eigenvalue weighted by molar-refractivity contribution is -0.122. The molecule has 3 rings (SSSR count). The quantitative estimate of drug-likeness (QED) is 0.913. The van der Waals surface area contributed by atoms with Crippen molar-refractivity contribution in [3.63, 3.8) is 0 Å². The lowest BCUT2D eigenvalue weighted by Crippen LogP contribution is -2.42. The normalized spacial score (nSPS) is 23.6. The van der Waals surface area contributed by atoms with Gasteiger partial charge in [-0.05, 0) is 56.2 Å². The summed E-state index contributed by atoms with van der Waals surface area (Å²) in [7, 11) is 0. The van der Waals surface area contributed by atoms with Gasteiger partial charge in [0.05, 0.1) is 6.54 Å². The Labute approximate surface area is 121 Å². The summed E-state index contributed by atoms with van der Waals surface area (Å²) in [5.41, 5.74) is 2.83.